The third-order valence-electron chi connectivity index (χ3n) is 4.63. The van der Waals surface area contributed by atoms with Crippen molar-refractivity contribution >= 4 is 11.9 Å². The van der Waals surface area contributed by atoms with Gasteiger partial charge in [0.25, 0.3) is 5.91 Å². The van der Waals surface area contributed by atoms with E-state index in [0.29, 0.717) is 0 Å². The quantitative estimate of drug-likeness (QED) is 0.687. The zero-order valence-corrected chi connectivity index (χ0v) is 15.8. The first-order chi connectivity index (χ1) is 11.9. The smallest absolute Gasteiger partial charge is 0.252 e. The van der Waals surface area contributed by atoms with E-state index >= 15 is 0 Å². The van der Waals surface area contributed by atoms with E-state index in [2.05, 4.69) is 5.32 Å². The van der Waals surface area contributed by atoms with Gasteiger partial charge in [-0.15, -0.1) is 0 Å². The van der Waals surface area contributed by atoms with Gasteiger partial charge in [0.2, 0.25) is 0 Å². The number of amides is 1. The molecule has 0 spiro atoms. The van der Waals surface area contributed by atoms with Crippen LogP contribution < -0.4 is 10.4 Å². The summed E-state index contributed by atoms with van der Waals surface area (Å²) in [5, 5.41) is 13.8. The van der Waals surface area contributed by atoms with Crippen LogP contribution in [0, 0.1) is 5.92 Å². The summed E-state index contributed by atoms with van der Waals surface area (Å²) in [6.07, 6.45) is -3.80. The van der Waals surface area contributed by atoms with Crippen molar-refractivity contribution in [3.63, 3.8) is 0 Å². The van der Waals surface area contributed by atoms with E-state index in [-0.39, 0.29) is 5.92 Å². The van der Waals surface area contributed by atoms with E-state index in [4.69, 9.17) is 23.7 Å². The fourth-order valence-electron chi connectivity index (χ4n) is 3.56. The van der Waals surface area contributed by atoms with E-state index in [1.165, 1.54) is 0 Å². The highest BCUT2D eigenvalue weighted by atomic mass is 16.9. The molecular formula is C17H26NO8-. The zero-order valence-electron chi connectivity index (χ0n) is 15.8. The predicted molar refractivity (Wildman–Crippen MR) is 84.3 cm³/mol. The van der Waals surface area contributed by atoms with Gasteiger partial charge in [0.15, 0.2) is 24.0 Å². The lowest BCUT2D eigenvalue weighted by molar-refractivity contribution is -0.309. The number of carbonyl (C=O) groups excluding carboxylic acids is 2. The Kier molecular flexibility index (Phi) is 4.81. The van der Waals surface area contributed by atoms with Gasteiger partial charge in [0, 0.05) is 0 Å². The summed E-state index contributed by atoms with van der Waals surface area (Å²) in [6.45, 7) is 10.3. The molecule has 0 bridgehead atoms. The zero-order chi connectivity index (χ0) is 19.4. The Morgan fingerprint density at radius 2 is 1.46 bits per heavy atom. The van der Waals surface area contributed by atoms with E-state index in [1.807, 2.05) is 0 Å². The monoisotopic (exact) mass is 372 g/mol. The number of aliphatic carboxylic acids is 1. The number of carboxylic acids is 1. The second-order valence-corrected chi connectivity index (χ2v) is 8.14. The summed E-state index contributed by atoms with van der Waals surface area (Å²) in [4.78, 5) is 24.1. The molecule has 0 aromatic carbocycles. The second-order valence-electron chi connectivity index (χ2n) is 8.14. The summed E-state index contributed by atoms with van der Waals surface area (Å²) in [6, 6.07) is -1.14. The molecule has 0 aliphatic carbocycles. The third kappa shape index (κ3) is 3.59. The number of rotatable bonds is 4. The standard InChI is InChI=1S/C17H27NO8/c1-7(2)8(14(20)21)18-13(19)11-9-10(24-16(3,4)23-9)12-15(22-11)26-17(5,6)25-12/h7-12,15H,1-6H3,(H,18,19)(H,20,21)/p-1/t8-,9+,10+,11-,12-,15+/m1/s1. The number of hydrogen-bond acceptors (Lipinski definition) is 8. The first kappa shape index (κ1) is 19.5. The molecule has 3 aliphatic rings. The summed E-state index contributed by atoms with van der Waals surface area (Å²) >= 11 is 0. The Labute approximate surface area is 152 Å². The van der Waals surface area contributed by atoms with Crippen LogP contribution in [-0.2, 0) is 33.3 Å². The van der Waals surface area contributed by atoms with Gasteiger partial charge in [-0.25, -0.2) is 0 Å². The van der Waals surface area contributed by atoms with Crippen LogP contribution in [0.3, 0.4) is 0 Å². The van der Waals surface area contributed by atoms with Crippen LogP contribution in [0.15, 0.2) is 0 Å². The largest absolute Gasteiger partial charge is 0.548 e. The Morgan fingerprint density at radius 3 is 2.04 bits per heavy atom. The van der Waals surface area contributed by atoms with Gasteiger partial charge in [-0.3, -0.25) is 4.79 Å². The van der Waals surface area contributed by atoms with Gasteiger partial charge in [-0.05, 0) is 33.6 Å². The first-order valence-corrected chi connectivity index (χ1v) is 8.78. The van der Waals surface area contributed by atoms with Crippen molar-refractivity contribution < 1.29 is 38.4 Å². The lowest BCUT2D eigenvalue weighted by atomic mass is 9.97. The number of nitrogens with one attached hydrogen (secondary N) is 1. The van der Waals surface area contributed by atoms with E-state index < -0.39 is 60.2 Å². The molecular weight excluding hydrogens is 346 g/mol. The number of fused-ring (bicyclic) bond motifs is 3. The van der Waals surface area contributed by atoms with Gasteiger partial charge < -0.3 is 38.9 Å². The Morgan fingerprint density at radius 1 is 0.923 bits per heavy atom. The average molecular weight is 372 g/mol. The molecule has 26 heavy (non-hydrogen) atoms. The average Bonchev–Trinajstić information content (AvgIpc) is 2.96. The van der Waals surface area contributed by atoms with E-state index in [9.17, 15) is 14.7 Å². The number of carbonyl (C=O) groups is 2. The van der Waals surface area contributed by atoms with Gasteiger partial charge in [-0.2, -0.15) is 0 Å². The molecule has 0 saturated carbocycles. The van der Waals surface area contributed by atoms with Gasteiger partial charge in [0.1, 0.15) is 18.3 Å². The third-order valence-corrected chi connectivity index (χ3v) is 4.63. The van der Waals surface area contributed by atoms with Crippen molar-refractivity contribution in [2.75, 3.05) is 0 Å². The molecule has 3 rings (SSSR count). The number of carboxylic acid groups (broad SMARTS) is 1. The van der Waals surface area contributed by atoms with Crippen LogP contribution in [0.2, 0.25) is 0 Å². The number of hydrogen-bond donors (Lipinski definition) is 1. The summed E-state index contributed by atoms with van der Waals surface area (Å²) < 4.78 is 29.2. The van der Waals surface area contributed by atoms with Gasteiger partial charge >= 0.3 is 0 Å². The molecule has 0 aromatic rings. The van der Waals surface area contributed by atoms with E-state index in [1.54, 1.807) is 41.5 Å². The SMILES string of the molecule is CC(C)[C@@H](NC(=O)[C@@H]1O[C@H]2OC(C)(C)O[C@@H]2[C@H]2OC(C)(C)O[C@@H]21)C(=O)[O-]. The molecule has 9 heteroatoms. The minimum Gasteiger partial charge on any atom is -0.548 e. The Bertz CT molecular complexity index is 589. The molecule has 6 atom stereocenters. The van der Waals surface area contributed by atoms with Crippen LogP contribution in [-0.4, -0.2) is 60.2 Å². The maximum absolute atomic E-state index is 12.8. The van der Waals surface area contributed by atoms with Crippen LogP contribution in [0.5, 0.6) is 0 Å². The minimum absolute atomic E-state index is 0.349. The van der Waals surface area contributed by atoms with Gasteiger partial charge in [0.05, 0.1) is 12.0 Å². The van der Waals surface area contributed by atoms with Crippen LogP contribution in [0.25, 0.3) is 0 Å². The highest BCUT2D eigenvalue weighted by Gasteiger charge is 2.62. The first-order valence-electron chi connectivity index (χ1n) is 8.78. The molecule has 3 fully saturated rings. The molecule has 148 valence electrons. The lowest BCUT2D eigenvalue weighted by Crippen LogP contribution is -2.62. The summed E-state index contributed by atoms with van der Waals surface area (Å²) in [5.74, 6) is -4.15. The molecule has 0 aromatic heterocycles. The summed E-state index contributed by atoms with van der Waals surface area (Å²) in [5.41, 5.74) is 0. The van der Waals surface area contributed by atoms with Crippen molar-refractivity contribution in [2.24, 2.45) is 5.92 Å². The van der Waals surface area contributed by atoms with Crippen molar-refractivity contribution in [1.82, 2.24) is 5.32 Å². The maximum Gasteiger partial charge on any atom is 0.252 e. The Balaban J connectivity index is 1.82. The van der Waals surface area contributed by atoms with Crippen LogP contribution in [0.1, 0.15) is 41.5 Å². The molecule has 3 heterocycles. The summed E-state index contributed by atoms with van der Waals surface area (Å²) in [7, 11) is 0. The topological polar surface area (TPSA) is 115 Å². The van der Waals surface area contributed by atoms with Crippen molar-refractivity contribution in [3.8, 4) is 0 Å². The van der Waals surface area contributed by atoms with E-state index in [0.717, 1.165) is 0 Å². The normalized spacial score (nSPS) is 38.5. The molecule has 1 amide bonds. The molecule has 3 aliphatic heterocycles. The number of ether oxygens (including phenoxy) is 5. The molecule has 0 radical (unpaired) electrons. The fraction of sp³-hybridized carbons (Fsp3) is 0.882. The minimum atomic E-state index is -1.36. The molecule has 9 nitrogen and oxygen atoms in total. The van der Waals surface area contributed by atoms with Crippen molar-refractivity contribution in [1.29, 1.82) is 0 Å². The second kappa shape index (κ2) is 6.42. The highest BCUT2D eigenvalue weighted by molar-refractivity contribution is 5.86. The highest BCUT2D eigenvalue weighted by Crippen LogP contribution is 2.44. The Hall–Kier alpha value is -1.26. The molecule has 3 saturated heterocycles. The fourth-order valence-corrected chi connectivity index (χ4v) is 3.56. The molecule has 1 N–H and O–H groups in total. The van der Waals surface area contributed by atoms with Crippen molar-refractivity contribution in [3.05, 3.63) is 0 Å². The lowest BCUT2D eigenvalue weighted by Gasteiger charge is -2.37. The molecule has 0 unspecified atom stereocenters. The van der Waals surface area contributed by atoms with Crippen molar-refractivity contribution in [2.45, 2.75) is 89.9 Å². The predicted octanol–water partition coefficient (Wildman–Crippen LogP) is -0.726. The van der Waals surface area contributed by atoms with Crippen LogP contribution >= 0.6 is 0 Å². The van der Waals surface area contributed by atoms with Crippen LogP contribution in [0.4, 0.5) is 0 Å². The maximum atomic E-state index is 12.8. The van der Waals surface area contributed by atoms with Gasteiger partial charge in [-0.1, -0.05) is 13.8 Å².